The number of rotatable bonds is 2. The quantitative estimate of drug-likeness (QED) is 0.785. The van der Waals surface area contributed by atoms with Crippen LogP contribution in [0.4, 0.5) is 5.82 Å². The summed E-state index contributed by atoms with van der Waals surface area (Å²) in [5.74, 6) is 0.0699. The van der Waals surface area contributed by atoms with Crippen molar-refractivity contribution in [3.8, 4) is 0 Å². The molecule has 0 aliphatic rings. The predicted octanol–water partition coefficient (Wildman–Crippen LogP) is 3.04. The fourth-order valence-electron chi connectivity index (χ4n) is 1.75. The van der Waals surface area contributed by atoms with Crippen LogP contribution in [0.15, 0.2) is 53.4 Å². The van der Waals surface area contributed by atoms with E-state index in [1.54, 1.807) is 6.07 Å². The van der Waals surface area contributed by atoms with E-state index in [-0.39, 0.29) is 5.91 Å². The van der Waals surface area contributed by atoms with Gasteiger partial charge in [0.2, 0.25) is 0 Å². The van der Waals surface area contributed by atoms with Gasteiger partial charge < -0.3 is 5.32 Å². The lowest BCUT2D eigenvalue weighted by molar-refractivity contribution is 0.102. The Morgan fingerprint density at radius 3 is 2.70 bits per heavy atom. The molecule has 0 radical (unpaired) electrons. The zero-order chi connectivity index (χ0) is 13.9. The molecule has 1 amide bonds. The first-order chi connectivity index (χ1) is 9.72. The Labute approximate surface area is 123 Å². The molecule has 0 fully saturated rings. The topological polar surface area (TPSA) is 67.8 Å². The van der Waals surface area contributed by atoms with E-state index in [2.05, 4.69) is 36.2 Å². The molecule has 6 heteroatoms. The number of amides is 1. The van der Waals surface area contributed by atoms with Gasteiger partial charge in [-0.05, 0) is 28.1 Å². The van der Waals surface area contributed by atoms with Crippen LogP contribution < -0.4 is 5.32 Å². The van der Waals surface area contributed by atoms with Crippen molar-refractivity contribution in [1.82, 2.24) is 15.0 Å². The maximum absolute atomic E-state index is 12.1. The van der Waals surface area contributed by atoms with Crippen molar-refractivity contribution in [2.75, 3.05) is 5.32 Å². The Bertz CT molecular complexity index is 773. The molecular weight excluding hydrogens is 320 g/mol. The van der Waals surface area contributed by atoms with E-state index in [0.717, 1.165) is 10.9 Å². The molecule has 0 unspecified atom stereocenters. The number of benzene rings is 1. The van der Waals surface area contributed by atoms with Crippen molar-refractivity contribution in [2.45, 2.75) is 0 Å². The molecule has 2 aromatic heterocycles. The number of halogens is 1. The van der Waals surface area contributed by atoms with Crippen LogP contribution in [0, 0.1) is 0 Å². The highest BCUT2D eigenvalue weighted by atomic mass is 79.9. The Morgan fingerprint density at radius 2 is 1.90 bits per heavy atom. The number of carbonyl (C=O) groups is 1. The van der Waals surface area contributed by atoms with E-state index in [1.165, 1.54) is 12.4 Å². The third-order valence-electron chi connectivity index (χ3n) is 2.69. The third-order valence-corrected chi connectivity index (χ3v) is 3.10. The molecule has 0 atom stereocenters. The van der Waals surface area contributed by atoms with Gasteiger partial charge >= 0.3 is 0 Å². The molecular formula is C14H9BrN4O. The monoisotopic (exact) mass is 328 g/mol. The summed E-state index contributed by atoms with van der Waals surface area (Å²) in [4.78, 5) is 24.4. The molecule has 98 valence electrons. The number of fused-ring (bicyclic) bond motifs is 1. The van der Waals surface area contributed by atoms with E-state index < -0.39 is 0 Å². The molecule has 2 heterocycles. The highest BCUT2D eigenvalue weighted by Crippen LogP contribution is 2.13. The summed E-state index contributed by atoms with van der Waals surface area (Å²) in [5, 5.41) is 3.65. The SMILES string of the molecule is O=C(Nc1cnc(Br)cn1)c1ccc2ccccc2n1. The Kier molecular flexibility index (Phi) is 3.39. The van der Waals surface area contributed by atoms with Crippen LogP contribution >= 0.6 is 15.9 Å². The number of nitrogens with zero attached hydrogens (tertiary/aromatic N) is 3. The normalized spacial score (nSPS) is 10.4. The van der Waals surface area contributed by atoms with Crippen molar-refractivity contribution in [1.29, 1.82) is 0 Å². The highest BCUT2D eigenvalue weighted by Gasteiger charge is 2.09. The van der Waals surface area contributed by atoms with Crippen LogP contribution in [-0.2, 0) is 0 Å². The standard InChI is InChI=1S/C14H9BrN4O/c15-12-7-17-13(8-16-12)19-14(20)11-6-5-9-3-1-2-4-10(9)18-11/h1-8H,(H,17,19,20). The summed E-state index contributed by atoms with van der Waals surface area (Å²) in [6.45, 7) is 0. The number of hydrogen-bond acceptors (Lipinski definition) is 4. The minimum absolute atomic E-state index is 0.313. The maximum atomic E-state index is 12.1. The smallest absolute Gasteiger partial charge is 0.275 e. The molecule has 1 N–H and O–H groups in total. The lowest BCUT2D eigenvalue weighted by atomic mass is 10.2. The first kappa shape index (κ1) is 12.7. The minimum Gasteiger partial charge on any atom is -0.304 e. The Balaban J connectivity index is 1.86. The molecule has 3 aromatic rings. The fraction of sp³-hybridized carbons (Fsp3) is 0. The zero-order valence-corrected chi connectivity index (χ0v) is 11.8. The number of pyridine rings is 1. The fourth-order valence-corrected chi connectivity index (χ4v) is 1.95. The van der Waals surface area contributed by atoms with Gasteiger partial charge in [-0.2, -0.15) is 0 Å². The second-order valence-electron chi connectivity index (χ2n) is 4.07. The molecule has 0 aliphatic carbocycles. The van der Waals surface area contributed by atoms with E-state index in [1.807, 2.05) is 30.3 Å². The zero-order valence-electron chi connectivity index (χ0n) is 10.2. The van der Waals surface area contributed by atoms with E-state index in [4.69, 9.17) is 0 Å². The molecule has 0 saturated heterocycles. The van der Waals surface area contributed by atoms with Crippen molar-refractivity contribution in [3.05, 3.63) is 59.1 Å². The van der Waals surface area contributed by atoms with Crippen LogP contribution in [0.1, 0.15) is 10.5 Å². The summed E-state index contributed by atoms with van der Waals surface area (Å²) in [6, 6.07) is 11.2. The van der Waals surface area contributed by atoms with Crippen molar-refractivity contribution in [3.63, 3.8) is 0 Å². The van der Waals surface area contributed by atoms with Gasteiger partial charge in [0.1, 0.15) is 10.3 Å². The number of para-hydroxylation sites is 1. The maximum Gasteiger partial charge on any atom is 0.275 e. The molecule has 0 bridgehead atoms. The molecule has 1 aromatic carbocycles. The van der Waals surface area contributed by atoms with E-state index in [9.17, 15) is 4.79 Å². The minimum atomic E-state index is -0.313. The van der Waals surface area contributed by atoms with Gasteiger partial charge in [0, 0.05) is 5.39 Å². The molecule has 0 aliphatic heterocycles. The van der Waals surface area contributed by atoms with Crippen LogP contribution in [0.25, 0.3) is 10.9 Å². The summed E-state index contributed by atoms with van der Waals surface area (Å²) in [5.41, 5.74) is 1.12. The van der Waals surface area contributed by atoms with Gasteiger partial charge in [-0.15, -0.1) is 0 Å². The first-order valence-electron chi connectivity index (χ1n) is 5.87. The van der Waals surface area contributed by atoms with Crippen molar-refractivity contribution >= 4 is 38.6 Å². The number of nitrogens with one attached hydrogen (secondary N) is 1. The van der Waals surface area contributed by atoms with Crippen LogP contribution in [0.3, 0.4) is 0 Å². The summed E-state index contributed by atoms with van der Waals surface area (Å²) < 4.78 is 0.610. The van der Waals surface area contributed by atoms with Gasteiger partial charge in [0.25, 0.3) is 5.91 Å². The van der Waals surface area contributed by atoms with Gasteiger partial charge in [-0.3, -0.25) is 4.79 Å². The van der Waals surface area contributed by atoms with E-state index >= 15 is 0 Å². The van der Waals surface area contributed by atoms with Crippen molar-refractivity contribution in [2.24, 2.45) is 0 Å². The van der Waals surface area contributed by atoms with Crippen molar-refractivity contribution < 1.29 is 4.79 Å². The lowest BCUT2D eigenvalue weighted by Crippen LogP contribution is -2.14. The van der Waals surface area contributed by atoms with Gasteiger partial charge in [-0.25, -0.2) is 15.0 Å². The number of hydrogen-bond donors (Lipinski definition) is 1. The summed E-state index contributed by atoms with van der Waals surface area (Å²) in [6.07, 6.45) is 2.99. The molecule has 0 spiro atoms. The largest absolute Gasteiger partial charge is 0.304 e. The highest BCUT2D eigenvalue weighted by molar-refractivity contribution is 9.10. The summed E-state index contributed by atoms with van der Waals surface area (Å²) in [7, 11) is 0. The molecule has 0 saturated carbocycles. The lowest BCUT2D eigenvalue weighted by Gasteiger charge is -2.04. The number of aromatic nitrogens is 3. The van der Waals surface area contributed by atoms with Gasteiger partial charge in [0.15, 0.2) is 5.82 Å². The summed E-state index contributed by atoms with van der Waals surface area (Å²) >= 11 is 3.19. The third kappa shape index (κ3) is 2.65. The predicted molar refractivity (Wildman–Crippen MR) is 79.4 cm³/mol. The Morgan fingerprint density at radius 1 is 1.05 bits per heavy atom. The second kappa shape index (κ2) is 5.34. The van der Waals surface area contributed by atoms with E-state index in [0.29, 0.717) is 16.1 Å². The van der Waals surface area contributed by atoms with Gasteiger partial charge in [0.05, 0.1) is 17.9 Å². The van der Waals surface area contributed by atoms with Gasteiger partial charge in [-0.1, -0.05) is 24.3 Å². The number of carbonyl (C=O) groups excluding carboxylic acids is 1. The molecule has 3 rings (SSSR count). The van der Waals surface area contributed by atoms with Crippen LogP contribution in [0.2, 0.25) is 0 Å². The van der Waals surface area contributed by atoms with Crippen LogP contribution in [0.5, 0.6) is 0 Å². The first-order valence-corrected chi connectivity index (χ1v) is 6.66. The molecule has 5 nitrogen and oxygen atoms in total. The van der Waals surface area contributed by atoms with Crippen LogP contribution in [-0.4, -0.2) is 20.9 Å². The average Bonchev–Trinajstić information content (AvgIpc) is 2.49. The second-order valence-corrected chi connectivity index (χ2v) is 4.88. The molecule has 20 heavy (non-hydrogen) atoms. The average molecular weight is 329 g/mol. The number of anilines is 1. The Hall–Kier alpha value is -2.34.